The van der Waals surface area contributed by atoms with Crippen molar-refractivity contribution in [2.24, 2.45) is 0 Å². The molecule has 0 aliphatic rings. The largest absolute Gasteiger partial charge is 0.227 e. The third-order valence-electron chi connectivity index (χ3n) is 0. The van der Waals surface area contributed by atoms with Crippen molar-refractivity contribution < 1.29 is 20.4 Å². The predicted molar refractivity (Wildman–Crippen MR) is 20.3 cm³/mol. The Labute approximate surface area is 50.9 Å². The SMILES string of the molecule is C=C([CH2-])Cl.[Pd]. The average Bonchev–Trinajstić information content (AvgIpc) is 0.811. The van der Waals surface area contributed by atoms with Crippen LogP contribution in [0, 0.1) is 6.92 Å². The minimum Gasteiger partial charge on any atom is -0.227 e. The van der Waals surface area contributed by atoms with Crippen LogP contribution in [0.5, 0.6) is 0 Å². The zero-order valence-electron chi connectivity index (χ0n) is 2.61. The van der Waals surface area contributed by atoms with E-state index in [2.05, 4.69) is 13.5 Å². The van der Waals surface area contributed by atoms with Crippen LogP contribution in [0.25, 0.3) is 0 Å². The van der Waals surface area contributed by atoms with Gasteiger partial charge in [-0.3, -0.25) is 0 Å². The topological polar surface area (TPSA) is 0 Å². The number of rotatable bonds is 0. The molecular weight excluding hydrogens is 178 g/mol. The molecule has 0 saturated heterocycles. The summed E-state index contributed by atoms with van der Waals surface area (Å²) < 4.78 is 0. The maximum atomic E-state index is 4.97. The second-order valence-corrected chi connectivity index (χ2v) is 1.05. The summed E-state index contributed by atoms with van der Waals surface area (Å²) in [6, 6.07) is 0. The Bertz CT molecular complexity index is 29.9. The molecule has 0 spiro atoms. The third kappa shape index (κ3) is 94.7. The second-order valence-electron chi connectivity index (χ2n) is 0.517. The van der Waals surface area contributed by atoms with Crippen molar-refractivity contribution in [3.63, 3.8) is 0 Å². The third-order valence-corrected chi connectivity index (χ3v) is 0. The van der Waals surface area contributed by atoms with Crippen molar-refractivity contribution in [3.05, 3.63) is 18.5 Å². The Hall–Kier alpha value is 0.562. The molecule has 0 rings (SSSR count). The minimum atomic E-state index is 0. The fourth-order valence-corrected chi connectivity index (χ4v) is 0. The first-order valence-electron chi connectivity index (χ1n) is 0.896. The molecule has 0 heterocycles. The Morgan fingerprint density at radius 2 is 1.80 bits per heavy atom. The first-order chi connectivity index (χ1) is 1.73. The van der Waals surface area contributed by atoms with Crippen molar-refractivity contribution >= 4 is 11.6 Å². The van der Waals surface area contributed by atoms with Gasteiger partial charge in [0.2, 0.25) is 0 Å². The van der Waals surface area contributed by atoms with Gasteiger partial charge in [-0.25, -0.2) is 13.5 Å². The summed E-state index contributed by atoms with van der Waals surface area (Å²) in [7, 11) is 0. The molecule has 2 heteroatoms. The molecular formula is C3H4ClPd-. The quantitative estimate of drug-likeness (QED) is 0.394. The molecule has 0 radical (unpaired) electrons. The van der Waals surface area contributed by atoms with Crippen molar-refractivity contribution in [1.82, 2.24) is 0 Å². The van der Waals surface area contributed by atoms with E-state index in [0.29, 0.717) is 5.03 Å². The van der Waals surface area contributed by atoms with E-state index in [-0.39, 0.29) is 20.4 Å². The van der Waals surface area contributed by atoms with Gasteiger partial charge in [-0.15, -0.1) is 16.6 Å². The van der Waals surface area contributed by atoms with Crippen molar-refractivity contribution in [2.75, 3.05) is 0 Å². The molecule has 0 unspecified atom stereocenters. The van der Waals surface area contributed by atoms with Crippen molar-refractivity contribution in [3.8, 4) is 0 Å². The van der Waals surface area contributed by atoms with Crippen LogP contribution < -0.4 is 0 Å². The molecule has 0 aliphatic carbocycles. The van der Waals surface area contributed by atoms with Gasteiger partial charge in [-0.1, -0.05) is 0 Å². The smallest absolute Gasteiger partial charge is 0 e. The van der Waals surface area contributed by atoms with E-state index >= 15 is 0 Å². The molecule has 5 heavy (non-hydrogen) atoms. The predicted octanol–water partition coefficient (Wildman–Crippen LogP) is 1.57. The maximum Gasteiger partial charge on any atom is 0 e. The molecule has 0 fully saturated rings. The molecule has 0 atom stereocenters. The van der Waals surface area contributed by atoms with Crippen LogP contribution in [0.4, 0.5) is 0 Å². The molecule has 0 aliphatic heterocycles. The fraction of sp³-hybridized carbons (Fsp3) is 0. The van der Waals surface area contributed by atoms with E-state index < -0.39 is 0 Å². The van der Waals surface area contributed by atoms with Gasteiger partial charge in [0.05, 0.1) is 0 Å². The van der Waals surface area contributed by atoms with Crippen LogP contribution in [-0.4, -0.2) is 0 Å². The summed E-state index contributed by atoms with van der Waals surface area (Å²) in [5, 5.41) is 0.389. The van der Waals surface area contributed by atoms with Gasteiger partial charge in [-0.05, 0) is 0 Å². The number of hydrogen-bond donors (Lipinski definition) is 0. The maximum absolute atomic E-state index is 4.97. The van der Waals surface area contributed by atoms with Crippen molar-refractivity contribution in [1.29, 1.82) is 0 Å². The summed E-state index contributed by atoms with van der Waals surface area (Å²) in [5.74, 6) is 0. The normalized spacial score (nSPS) is 5.00. The molecule has 0 bridgehead atoms. The van der Waals surface area contributed by atoms with Gasteiger partial charge in [0.15, 0.2) is 0 Å². The molecule has 0 saturated carbocycles. The summed E-state index contributed by atoms with van der Waals surface area (Å²) in [4.78, 5) is 0. The first kappa shape index (κ1) is 9.12. The number of hydrogen-bond acceptors (Lipinski definition) is 0. The van der Waals surface area contributed by atoms with E-state index in [0.717, 1.165) is 0 Å². The molecule has 0 aromatic heterocycles. The summed E-state index contributed by atoms with van der Waals surface area (Å²) in [5.41, 5.74) is 0. The van der Waals surface area contributed by atoms with E-state index in [4.69, 9.17) is 11.6 Å². The average molecular weight is 182 g/mol. The summed E-state index contributed by atoms with van der Waals surface area (Å²) in [6.07, 6.45) is 0. The standard InChI is InChI=1S/C3H4Cl.Pd/c1-3(2)4;/h1-2H2;/q-1;. The molecule has 0 aromatic rings. The van der Waals surface area contributed by atoms with Crippen LogP contribution in [-0.2, 0) is 20.4 Å². The number of allylic oxidation sites excluding steroid dienone is 1. The number of halogens is 1. The minimum absolute atomic E-state index is 0. The fourth-order valence-electron chi connectivity index (χ4n) is 0. The van der Waals surface area contributed by atoms with Crippen LogP contribution in [0.1, 0.15) is 0 Å². The van der Waals surface area contributed by atoms with Gasteiger partial charge in [0.1, 0.15) is 0 Å². The van der Waals surface area contributed by atoms with Crippen LogP contribution in [0.2, 0.25) is 0 Å². The molecule has 0 N–H and O–H groups in total. The van der Waals surface area contributed by atoms with E-state index in [9.17, 15) is 0 Å². The van der Waals surface area contributed by atoms with E-state index in [1.807, 2.05) is 0 Å². The second kappa shape index (κ2) is 4.56. The van der Waals surface area contributed by atoms with E-state index in [1.165, 1.54) is 0 Å². The molecule has 0 nitrogen and oxygen atoms in total. The molecule has 0 aromatic carbocycles. The zero-order chi connectivity index (χ0) is 3.58. The Kier molecular flexibility index (Phi) is 8.32. The zero-order valence-corrected chi connectivity index (χ0v) is 4.92. The van der Waals surface area contributed by atoms with Crippen LogP contribution >= 0.6 is 11.6 Å². The van der Waals surface area contributed by atoms with Gasteiger partial charge in [0, 0.05) is 20.4 Å². The summed E-state index contributed by atoms with van der Waals surface area (Å²) in [6.45, 7) is 6.42. The van der Waals surface area contributed by atoms with Crippen LogP contribution in [0.3, 0.4) is 0 Å². The van der Waals surface area contributed by atoms with Gasteiger partial charge >= 0.3 is 0 Å². The van der Waals surface area contributed by atoms with E-state index in [1.54, 1.807) is 0 Å². The Morgan fingerprint density at radius 3 is 1.80 bits per heavy atom. The van der Waals surface area contributed by atoms with Gasteiger partial charge in [0.25, 0.3) is 0 Å². The molecule has 0 amide bonds. The van der Waals surface area contributed by atoms with Crippen LogP contribution in [0.15, 0.2) is 11.6 Å². The van der Waals surface area contributed by atoms with Gasteiger partial charge < -0.3 is 0 Å². The Morgan fingerprint density at radius 1 is 1.80 bits per heavy atom. The monoisotopic (exact) mass is 181 g/mol. The Balaban J connectivity index is 0. The molecule has 34 valence electrons. The first-order valence-corrected chi connectivity index (χ1v) is 1.27. The van der Waals surface area contributed by atoms with Crippen molar-refractivity contribution in [2.45, 2.75) is 0 Å². The van der Waals surface area contributed by atoms with Gasteiger partial charge in [-0.2, -0.15) is 0 Å². The summed E-state index contributed by atoms with van der Waals surface area (Å²) >= 11 is 4.97.